The SMILES string of the molecule is CCc1nccn1-c1ccc(C(N)=O)c(Cl)c1. The Morgan fingerprint density at radius 3 is 2.88 bits per heavy atom. The topological polar surface area (TPSA) is 60.9 Å². The first kappa shape index (κ1) is 11.7. The molecule has 0 spiro atoms. The predicted molar refractivity (Wildman–Crippen MR) is 66.5 cm³/mol. The number of nitrogens with two attached hydrogens (primary N) is 1. The van der Waals surface area contributed by atoms with Crippen LogP contribution in [0.1, 0.15) is 23.1 Å². The molecule has 1 heterocycles. The van der Waals surface area contributed by atoms with Crippen LogP contribution in [0.15, 0.2) is 30.6 Å². The van der Waals surface area contributed by atoms with E-state index in [2.05, 4.69) is 4.98 Å². The van der Waals surface area contributed by atoms with E-state index >= 15 is 0 Å². The maximum absolute atomic E-state index is 11.1. The normalized spacial score (nSPS) is 10.5. The summed E-state index contributed by atoms with van der Waals surface area (Å²) >= 11 is 6.00. The largest absolute Gasteiger partial charge is 0.366 e. The number of benzene rings is 1. The van der Waals surface area contributed by atoms with Crippen molar-refractivity contribution in [3.63, 3.8) is 0 Å². The van der Waals surface area contributed by atoms with Crippen LogP contribution in [0.5, 0.6) is 0 Å². The second kappa shape index (κ2) is 4.59. The Morgan fingerprint density at radius 2 is 2.29 bits per heavy atom. The number of primary amides is 1. The quantitative estimate of drug-likeness (QED) is 0.906. The minimum atomic E-state index is -0.525. The van der Waals surface area contributed by atoms with E-state index in [0.717, 1.165) is 17.9 Å². The second-order valence-corrected chi connectivity index (χ2v) is 4.00. The zero-order valence-electron chi connectivity index (χ0n) is 9.35. The maximum Gasteiger partial charge on any atom is 0.250 e. The van der Waals surface area contributed by atoms with E-state index in [9.17, 15) is 4.79 Å². The van der Waals surface area contributed by atoms with Gasteiger partial charge in [-0.3, -0.25) is 4.79 Å². The van der Waals surface area contributed by atoms with Gasteiger partial charge in [-0.1, -0.05) is 18.5 Å². The number of aryl methyl sites for hydroxylation is 1. The highest BCUT2D eigenvalue weighted by atomic mass is 35.5. The van der Waals surface area contributed by atoms with Gasteiger partial charge in [0.2, 0.25) is 5.91 Å². The Kier molecular flexibility index (Phi) is 3.15. The number of aromatic nitrogens is 2. The third kappa shape index (κ3) is 2.17. The van der Waals surface area contributed by atoms with E-state index in [0.29, 0.717) is 10.6 Å². The van der Waals surface area contributed by atoms with E-state index in [1.54, 1.807) is 24.4 Å². The van der Waals surface area contributed by atoms with Crippen LogP contribution in [0.25, 0.3) is 5.69 Å². The summed E-state index contributed by atoms with van der Waals surface area (Å²) in [4.78, 5) is 15.3. The van der Waals surface area contributed by atoms with Gasteiger partial charge in [0.15, 0.2) is 0 Å². The van der Waals surface area contributed by atoms with Gasteiger partial charge in [0.25, 0.3) is 0 Å². The van der Waals surface area contributed by atoms with Crippen molar-refractivity contribution in [2.24, 2.45) is 5.73 Å². The minimum absolute atomic E-state index is 0.327. The van der Waals surface area contributed by atoms with Crippen LogP contribution in [-0.4, -0.2) is 15.5 Å². The molecular weight excluding hydrogens is 238 g/mol. The van der Waals surface area contributed by atoms with Crippen LogP contribution in [-0.2, 0) is 6.42 Å². The average Bonchev–Trinajstić information content (AvgIpc) is 2.76. The third-order valence-corrected chi connectivity index (χ3v) is 2.84. The molecule has 5 heteroatoms. The number of imidazole rings is 1. The number of hydrogen-bond donors (Lipinski definition) is 1. The summed E-state index contributed by atoms with van der Waals surface area (Å²) in [5.41, 5.74) is 6.39. The Morgan fingerprint density at radius 1 is 1.53 bits per heavy atom. The summed E-state index contributed by atoms with van der Waals surface area (Å²) in [5.74, 6) is 0.413. The molecule has 4 nitrogen and oxygen atoms in total. The van der Waals surface area contributed by atoms with Crippen LogP contribution in [0.3, 0.4) is 0 Å². The molecule has 0 radical (unpaired) electrons. The van der Waals surface area contributed by atoms with Crippen molar-refractivity contribution >= 4 is 17.5 Å². The van der Waals surface area contributed by atoms with Crippen molar-refractivity contribution in [1.29, 1.82) is 0 Å². The predicted octanol–water partition coefficient (Wildman–Crippen LogP) is 2.19. The number of nitrogens with zero attached hydrogens (tertiary/aromatic N) is 2. The highest BCUT2D eigenvalue weighted by molar-refractivity contribution is 6.34. The first-order chi connectivity index (χ1) is 8.13. The zero-order chi connectivity index (χ0) is 12.4. The van der Waals surface area contributed by atoms with Gasteiger partial charge in [0, 0.05) is 24.5 Å². The third-order valence-electron chi connectivity index (χ3n) is 2.53. The monoisotopic (exact) mass is 249 g/mol. The molecule has 0 saturated heterocycles. The molecule has 0 bridgehead atoms. The Hall–Kier alpha value is -1.81. The minimum Gasteiger partial charge on any atom is -0.366 e. The van der Waals surface area contributed by atoms with Gasteiger partial charge >= 0.3 is 0 Å². The molecule has 1 amide bonds. The molecule has 2 rings (SSSR count). The highest BCUT2D eigenvalue weighted by Crippen LogP contribution is 2.21. The number of hydrogen-bond acceptors (Lipinski definition) is 2. The number of carbonyl (C=O) groups excluding carboxylic acids is 1. The fraction of sp³-hybridized carbons (Fsp3) is 0.167. The summed E-state index contributed by atoms with van der Waals surface area (Å²) in [5, 5.41) is 0.353. The fourth-order valence-electron chi connectivity index (χ4n) is 1.68. The Labute approximate surface area is 104 Å². The van der Waals surface area contributed by atoms with E-state index in [1.165, 1.54) is 0 Å². The van der Waals surface area contributed by atoms with Gasteiger partial charge in [-0.15, -0.1) is 0 Å². The molecule has 0 aliphatic heterocycles. The van der Waals surface area contributed by atoms with Crippen molar-refractivity contribution in [2.75, 3.05) is 0 Å². The van der Waals surface area contributed by atoms with Crippen molar-refractivity contribution in [1.82, 2.24) is 9.55 Å². The van der Waals surface area contributed by atoms with E-state index in [4.69, 9.17) is 17.3 Å². The van der Waals surface area contributed by atoms with Crippen molar-refractivity contribution < 1.29 is 4.79 Å². The van der Waals surface area contributed by atoms with Crippen molar-refractivity contribution in [2.45, 2.75) is 13.3 Å². The average molecular weight is 250 g/mol. The molecule has 0 unspecified atom stereocenters. The summed E-state index contributed by atoms with van der Waals surface area (Å²) in [7, 11) is 0. The molecule has 0 aliphatic carbocycles. The lowest BCUT2D eigenvalue weighted by molar-refractivity contribution is 0.100. The van der Waals surface area contributed by atoms with Gasteiger partial charge in [0.05, 0.1) is 10.6 Å². The van der Waals surface area contributed by atoms with E-state index in [-0.39, 0.29) is 0 Å². The summed E-state index contributed by atoms with van der Waals surface area (Å²) in [6, 6.07) is 5.13. The van der Waals surface area contributed by atoms with Crippen LogP contribution in [0.2, 0.25) is 5.02 Å². The number of halogens is 1. The van der Waals surface area contributed by atoms with Gasteiger partial charge in [-0.2, -0.15) is 0 Å². The first-order valence-corrected chi connectivity index (χ1v) is 5.63. The molecular formula is C12H12ClN3O. The summed E-state index contributed by atoms with van der Waals surface area (Å²) < 4.78 is 1.93. The van der Waals surface area contributed by atoms with Crippen LogP contribution < -0.4 is 5.73 Å². The van der Waals surface area contributed by atoms with Gasteiger partial charge < -0.3 is 10.3 Å². The van der Waals surface area contributed by atoms with Gasteiger partial charge in [-0.25, -0.2) is 4.98 Å². The molecule has 2 N–H and O–H groups in total. The number of carbonyl (C=O) groups is 1. The smallest absolute Gasteiger partial charge is 0.250 e. The molecule has 88 valence electrons. The Balaban J connectivity index is 2.48. The molecule has 0 saturated carbocycles. The van der Waals surface area contributed by atoms with Crippen molar-refractivity contribution in [3.05, 3.63) is 47.0 Å². The van der Waals surface area contributed by atoms with Crippen molar-refractivity contribution in [3.8, 4) is 5.69 Å². The molecule has 0 aliphatic rings. The molecule has 0 fully saturated rings. The van der Waals surface area contributed by atoms with Crippen LogP contribution in [0.4, 0.5) is 0 Å². The van der Waals surface area contributed by atoms with Gasteiger partial charge in [0.1, 0.15) is 5.82 Å². The second-order valence-electron chi connectivity index (χ2n) is 3.60. The lowest BCUT2D eigenvalue weighted by Gasteiger charge is -2.08. The number of rotatable bonds is 3. The summed E-state index contributed by atoms with van der Waals surface area (Å²) in [6.45, 7) is 2.03. The van der Waals surface area contributed by atoms with Crippen LogP contribution in [0, 0.1) is 0 Å². The molecule has 2 aromatic rings. The zero-order valence-corrected chi connectivity index (χ0v) is 10.1. The highest BCUT2D eigenvalue weighted by Gasteiger charge is 2.09. The fourth-order valence-corrected chi connectivity index (χ4v) is 1.95. The number of amides is 1. The standard InChI is InChI=1S/C12H12ClN3O/c1-2-11-15-5-6-16(11)8-3-4-9(12(14)17)10(13)7-8/h3-7H,2H2,1H3,(H2,14,17). The van der Waals surface area contributed by atoms with Crippen LogP contribution >= 0.6 is 11.6 Å². The Bertz CT molecular complexity index is 563. The first-order valence-electron chi connectivity index (χ1n) is 5.25. The molecule has 1 aromatic heterocycles. The van der Waals surface area contributed by atoms with E-state index < -0.39 is 5.91 Å². The molecule has 17 heavy (non-hydrogen) atoms. The molecule has 0 atom stereocenters. The lowest BCUT2D eigenvalue weighted by atomic mass is 10.2. The van der Waals surface area contributed by atoms with Gasteiger partial charge in [-0.05, 0) is 18.2 Å². The summed E-state index contributed by atoms with van der Waals surface area (Å²) in [6.07, 6.45) is 4.41. The van der Waals surface area contributed by atoms with E-state index in [1.807, 2.05) is 17.7 Å². The molecule has 1 aromatic carbocycles. The lowest BCUT2D eigenvalue weighted by Crippen LogP contribution is -2.11. The maximum atomic E-state index is 11.1.